The predicted molar refractivity (Wildman–Crippen MR) is 52.5 cm³/mol. The largest absolute Gasteiger partial charge is 0.187 e. The minimum absolute atomic E-state index is 0.974. The SMILES string of the molecule is CCCc1ccc2nn(C)nc2c1. The van der Waals surface area contributed by atoms with Gasteiger partial charge in [0.1, 0.15) is 11.0 Å². The van der Waals surface area contributed by atoms with E-state index < -0.39 is 0 Å². The number of aromatic nitrogens is 3. The molecule has 0 unspecified atom stereocenters. The molecule has 13 heavy (non-hydrogen) atoms. The lowest BCUT2D eigenvalue weighted by Gasteiger charge is -1.95. The van der Waals surface area contributed by atoms with Gasteiger partial charge in [-0.05, 0) is 24.1 Å². The number of fused-ring (bicyclic) bond motifs is 1. The number of rotatable bonds is 2. The maximum absolute atomic E-state index is 4.26. The minimum Gasteiger partial charge on any atom is -0.187 e. The molecule has 2 rings (SSSR count). The molecule has 3 nitrogen and oxygen atoms in total. The fourth-order valence-electron chi connectivity index (χ4n) is 1.51. The van der Waals surface area contributed by atoms with Crippen molar-refractivity contribution < 1.29 is 0 Å². The third-order valence-electron chi connectivity index (χ3n) is 2.08. The Balaban J connectivity index is 2.48. The van der Waals surface area contributed by atoms with E-state index in [1.54, 1.807) is 4.80 Å². The molecule has 0 radical (unpaired) electrons. The highest BCUT2D eigenvalue weighted by Crippen LogP contribution is 2.12. The predicted octanol–water partition coefficient (Wildman–Crippen LogP) is 1.92. The van der Waals surface area contributed by atoms with Crippen molar-refractivity contribution in [1.29, 1.82) is 0 Å². The molecule has 0 saturated carbocycles. The van der Waals surface area contributed by atoms with Crippen LogP contribution < -0.4 is 0 Å². The van der Waals surface area contributed by atoms with Crippen molar-refractivity contribution in [3.05, 3.63) is 23.8 Å². The smallest absolute Gasteiger partial charge is 0.113 e. The second-order valence-corrected chi connectivity index (χ2v) is 3.26. The molecule has 3 heteroatoms. The third-order valence-corrected chi connectivity index (χ3v) is 2.08. The van der Waals surface area contributed by atoms with E-state index in [-0.39, 0.29) is 0 Å². The van der Waals surface area contributed by atoms with Crippen LogP contribution in [0, 0.1) is 0 Å². The Morgan fingerprint density at radius 2 is 2.00 bits per heavy atom. The first-order valence-corrected chi connectivity index (χ1v) is 4.59. The van der Waals surface area contributed by atoms with Crippen LogP contribution in [-0.4, -0.2) is 15.0 Å². The summed E-state index contributed by atoms with van der Waals surface area (Å²) in [6.45, 7) is 2.18. The zero-order chi connectivity index (χ0) is 9.26. The van der Waals surface area contributed by atoms with Gasteiger partial charge >= 0.3 is 0 Å². The van der Waals surface area contributed by atoms with Crippen LogP contribution in [-0.2, 0) is 13.5 Å². The highest BCUT2D eigenvalue weighted by molar-refractivity contribution is 5.74. The topological polar surface area (TPSA) is 30.7 Å². The van der Waals surface area contributed by atoms with Crippen LogP contribution in [0.15, 0.2) is 18.2 Å². The van der Waals surface area contributed by atoms with E-state index in [0.29, 0.717) is 0 Å². The molecule has 0 N–H and O–H groups in total. The first-order valence-electron chi connectivity index (χ1n) is 4.59. The van der Waals surface area contributed by atoms with Crippen molar-refractivity contribution in [2.45, 2.75) is 19.8 Å². The minimum atomic E-state index is 0.974. The third kappa shape index (κ3) is 1.54. The summed E-state index contributed by atoms with van der Waals surface area (Å²) >= 11 is 0. The Kier molecular flexibility index (Phi) is 2.00. The van der Waals surface area contributed by atoms with Gasteiger partial charge in [-0.1, -0.05) is 19.4 Å². The number of aryl methyl sites for hydroxylation is 2. The van der Waals surface area contributed by atoms with Crippen LogP contribution in [0.25, 0.3) is 11.0 Å². The molecule has 1 heterocycles. The first-order chi connectivity index (χ1) is 6.29. The van der Waals surface area contributed by atoms with E-state index in [1.807, 2.05) is 13.1 Å². The summed E-state index contributed by atoms with van der Waals surface area (Å²) in [4.78, 5) is 1.61. The molecular weight excluding hydrogens is 162 g/mol. The Bertz CT molecular complexity index is 417. The van der Waals surface area contributed by atoms with Gasteiger partial charge in [-0.2, -0.15) is 15.0 Å². The molecule has 1 aromatic carbocycles. The summed E-state index contributed by atoms with van der Waals surface area (Å²) in [6.07, 6.45) is 2.29. The van der Waals surface area contributed by atoms with Crippen LogP contribution in [0.5, 0.6) is 0 Å². The first kappa shape index (κ1) is 8.23. The quantitative estimate of drug-likeness (QED) is 0.698. The van der Waals surface area contributed by atoms with Crippen LogP contribution in [0.2, 0.25) is 0 Å². The Labute approximate surface area is 77.4 Å². The summed E-state index contributed by atoms with van der Waals surface area (Å²) < 4.78 is 0. The van der Waals surface area contributed by atoms with Gasteiger partial charge in [0.2, 0.25) is 0 Å². The average molecular weight is 175 g/mol. The molecule has 0 aliphatic carbocycles. The molecular formula is C10H13N3. The zero-order valence-corrected chi connectivity index (χ0v) is 7.99. The van der Waals surface area contributed by atoms with Gasteiger partial charge < -0.3 is 0 Å². The highest BCUT2D eigenvalue weighted by atomic mass is 15.4. The van der Waals surface area contributed by atoms with E-state index in [0.717, 1.165) is 17.5 Å². The molecule has 0 fully saturated rings. The van der Waals surface area contributed by atoms with E-state index in [1.165, 1.54) is 12.0 Å². The van der Waals surface area contributed by atoms with Gasteiger partial charge in [-0.25, -0.2) is 0 Å². The fraction of sp³-hybridized carbons (Fsp3) is 0.400. The normalized spacial score (nSPS) is 10.9. The van der Waals surface area contributed by atoms with E-state index in [9.17, 15) is 0 Å². The monoisotopic (exact) mass is 175 g/mol. The second-order valence-electron chi connectivity index (χ2n) is 3.26. The molecule has 0 spiro atoms. The van der Waals surface area contributed by atoms with Gasteiger partial charge in [0.05, 0.1) is 0 Å². The van der Waals surface area contributed by atoms with Crippen molar-refractivity contribution in [2.24, 2.45) is 7.05 Å². The second kappa shape index (κ2) is 3.17. The maximum atomic E-state index is 4.26. The van der Waals surface area contributed by atoms with Crippen LogP contribution in [0.3, 0.4) is 0 Å². The number of nitrogens with zero attached hydrogens (tertiary/aromatic N) is 3. The van der Waals surface area contributed by atoms with Gasteiger partial charge in [0, 0.05) is 7.05 Å². The maximum Gasteiger partial charge on any atom is 0.113 e. The zero-order valence-electron chi connectivity index (χ0n) is 7.99. The Morgan fingerprint density at radius 1 is 1.23 bits per heavy atom. The fourth-order valence-corrected chi connectivity index (χ4v) is 1.51. The lowest BCUT2D eigenvalue weighted by Crippen LogP contribution is -1.90. The molecule has 0 saturated heterocycles. The number of hydrogen-bond acceptors (Lipinski definition) is 2. The molecule has 0 aliphatic heterocycles. The summed E-state index contributed by atoms with van der Waals surface area (Å²) in [7, 11) is 1.85. The van der Waals surface area contributed by atoms with Crippen molar-refractivity contribution in [3.8, 4) is 0 Å². The lowest BCUT2D eigenvalue weighted by molar-refractivity contribution is 0.665. The van der Waals surface area contributed by atoms with Crippen molar-refractivity contribution >= 4 is 11.0 Å². The molecule has 0 bridgehead atoms. The van der Waals surface area contributed by atoms with Crippen LogP contribution in [0.1, 0.15) is 18.9 Å². The van der Waals surface area contributed by atoms with Crippen LogP contribution in [0.4, 0.5) is 0 Å². The Morgan fingerprint density at radius 3 is 2.77 bits per heavy atom. The van der Waals surface area contributed by atoms with Gasteiger partial charge in [0.15, 0.2) is 0 Å². The lowest BCUT2D eigenvalue weighted by atomic mass is 10.1. The molecule has 0 amide bonds. The molecule has 0 aliphatic rings. The van der Waals surface area contributed by atoms with Crippen molar-refractivity contribution in [2.75, 3.05) is 0 Å². The summed E-state index contributed by atoms with van der Waals surface area (Å²) in [5, 5.41) is 8.48. The van der Waals surface area contributed by atoms with Gasteiger partial charge in [-0.15, -0.1) is 0 Å². The van der Waals surface area contributed by atoms with Crippen molar-refractivity contribution in [1.82, 2.24) is 15.0 Å². The van der Waals surface area contributed by atoms with Gasteiger partial charge in [0.25, 0.3) is 0 Å². The molecule has 0 atom stereocenters. The number of hydrogen-bond donors (Lipinski definition) is 0. The number of benzene rings is 1. The standard InChI is InChI=1S/C10H13N3/c1-3-4-8-5-6-9-10(7-8)12-13(2)11-9/h5-7H,3-4H2,1-2H3. The van der Waals surface area contributed by atoms with E-state index in [4.69, 9.17) is 0 Å². The summed E-state index contributed by atoms with van der Waals surface area (Å²) in [5.74, 6) is 0. The molecule has 68 valence electrons. The van der Waals surface area contributed by atoms with Gasteiger partial charge in [-0.3, -0.25) is 0 Å². The van der Waals surface area contributed by atoms with E-state index >= 15 is 0 Å². The Hall–Kier alpha value is -1.38. The molecule has 2 aromatic rings. The highest BCUT2D eigenvalue weighted by Gasteiger charge is 2.00. The average Bonchev–Trinajstić information content (AvgIpc) is 2.44. The summed E-state index contributed by atoms with van der Waals surface area (Å²) in [6, 6.07) is 6.28. The summed E-state index contributed by atoms with van der Waals surface area (Å²) in [5.41, 5.74) is 3.31. The van der Waals surface area contributed by atoms with E-state index in [2.05, 4.69) is 29.3 Å². The van der Waals surface area contributed by atoms with Crippen LogP contribution >= 0.6 is 0 Å². The van der Waals surface area contributed by atoms with Crippen molar-refractivity contribution in [3.63, 3.8) is 0 Å². The molecule has 1 aromatic heterocycles.